The van der Waals surface area contributed by atoms with Gasteiger partial charge in [0.15, 0.2) is 0 Å². The molecule has 1 saturated carbocycles. The predicted octanol–water partition coefficient (Wildman–Crippen LogP) is 4.14. The number of hydrogen-bond donors (Lipinski definition) is 1. The minimum absolute atomic E-state index is 0.0227. The van der Waals surface area contributed by atoms with E-state index in [4.69, 9.17) is 4.74 Å². The Bertz CT molecular complexity index is 359. The van der Waals surface area contributed by atoms with Gasteiger partial charge in [0.05, 0.1) is 6.10 Å². The van der Waals surface area contributed by atoms with E-state index in [1.807, 2.05) is 6.08 Å². The Hall–Kier alpha value is -0.830. The Morgan fingerprint density at radius 2 is 2.19 bits per heavy atom. The number of aliphatic hydroxyl groups excluding tert-OH is 1. The molecule has 0 aromatic carbocycles. The van der Waals surface area contributed by atoms with Gasteiger partial charge in [0.1, 0.15) is 5.60 Å². The fourth-order valence-corrected chi connectivity index (χ4v) is 3.74. The molecular weight excluding hydrogens is 264 g/mol. The molecule has 1 aliphatic heterocycles. The van der Waals surface area contributed by atoms with Gasteiger partial charge < -0.3 is 9.84 Å². The summed E-state index contributed by atoms with van der Waals surface area (Å²) in [5.74, 6) is 0.427. The molecule has 0 bridgehead atoms. The molecule has 0 amide bonds. The molecule has 3 nitrogen and oxygen atoms in total. The highest BCUT2D eigenvalue weighted by Gasteiger charge is 2.40. The number of hydrogen-bond acceptors (Lipinski definition) is 3. The molecule has 120 valence electrons. The van der Waals surface area contributed by atoms with Crippen molar-refractivity contribution in [2.45, 2.75) is 89.3 Å². The van der Waals surface area contributed by atoms with Crippen LogP contribution in [0.2, 0.25) is 0 Å². The molecule has 0 radical (unpaired) electrons. The van der Waals surface area contributed by atoms with E-state index in [2.05, 4.69) is 13.0 Å². The zero-order valence-electron chi connectivity index (χ0n) is 13.4. The lowest BCUT2D eigenvalue weighted by Gasteiger charge is -2.42. The molecule has 3 heteroatoms. The van der Waals surface area contributed by atoms with Crippen molar-refractivity contribution in [1.82, 2.24) is 0 Å². The Kier molecular flexibility index (Phi) is 6.28. The second-order valence-corrected chi connectivity index (χ2v) is 6.82. The molecule has 2 fully saturated rings. The average Bonchev–Trinajstić information content (AvgIpc) is 2.45. The maximum absolute atomic E-state index is 11.6. The van der Waals surface area contributed by atoms with E-state index >= 15 is 0 Å². The van der Waals surface area contributed by atoms with Crippen molar-refractivity contribution >= 4 is 5.97 Å². The molecule has 1 aliphatic carbocycles. The van der Waals surface area contributed by atoms with Crippen molar-refractivity contribution in [3.8, 4) is 0 Å². The summed E-state index contributed by atoms with van der Waals surface area (Å²) in [5.41, 5.74) is -0.199. The van der Waals surface area contributed by atoms with Crippen LogP contribution in [0, 0.1) is 5.92 Å². The molecule has 3 atom stereocenters. The van der Waals surface area contributed by atoms with E-state index in [1.54, 1.807) is 0 Å². The zero-order valence-corrected chi connectivity index (χ0v) is 13.4. The second-order valence-electron chi connectivity index (χ2n) is 6.82. The van der Waals surface area contributed by atoms with E-state index in [-0.39, 0.29) is 17.7 Å². The van der Waals surface area contributed by atoms with Crippen molar-refractivity contribution in [1.29, 1.82) is 0 Å². The number of ether oxygens (including phenoxy) is 1. The molecule has 0 aromatic rings. The average molecular weight is 294 g/mol. The van der Waals surface area contributed by atoms with Gasteiger partial charge in [0.25, 0.3) is 0 Å². The standard InChI is InChI=1S/C18H30O3/c1-2-3-4-8-16(19)11-10-15-7-5-12-18(14-15)13-6-9-17(20)21-18/h10-11,15-16,19H,2-9,12-14H2,1H3/b11-10+/t15-,16?,18-/m1/s1. The summed E-state index contributed by atoms with van der Waals surface area (Å²) in [6.45, 7) is 2.18. The first-order valence-corrected chi connectivity index (χ1v) is 8.72. The Labute approximate surface area is 128 Å². The van der Waals surface area contributed by atoms with Crippen LogP contribution in [-0.4, -0.2) is 22.8 Å². The van der Waals surface area contributed by atoms with Gasteiger partial charge in [-0.1, -0.05) is 38.3 Å². The summed E-state index contributed by atoms with van der Waals surface area (Å²) >= 11 is 0. The van der Waals surface area contributed by atoms with E-state index in [9.17, 15) is 9.90 Å². The van der Waals surface area contributed by atoms with Crippen LogP contribution in [0.15, 0.2) is 12.2 Å². The minimum atomic E-state index is -0.316. The summed E-state index contributed by atoms with van der Waals surface area (Å²) in [6, 6.07) is 0. The monoisotopic (exact) mass is 294 g/mol. The number of rotatable bonds is 6. The number of esters is 1. The third-order valence-electron chi connectivity index (χ3n) is 4.89. The van der Waals surface area contributed by atoms with Gasteiger partial charge in [0.2, 0.25) is 0 Å². The highest BCUT2D eigenvalue weighted by molar-refractivity contribution is 5.70. The van der Waals surface area contributed by atoms with E-state index in [0.29, 0.717) is 12.3 Å². The SMILES string of the molecule is CCCCCC(O)/C=C/[C@H]1CCC[C@@]2(CCCC(=O)O2)C1. The largest absolute Gasteiger partial charge is 0.459 e. The van der Waals surface area contributed by atoms with Crippen LogP contribution in [0.5, 0.6) is 0 Å². The van der Waals surface area contributed by atoms with Gasteiger partial charge in [-0.05, 0) is 50.9 Å². The summed E-state index contributed by atoms with van der Waals surface area (Å²) in [5, 5.41) is 9.98. The summed E-state index contributed by atoms with van der Waals surface area (Å²) < 4.78 is 5.70. The number of unbranched alkanes of at least 4 members (excludes halogenated alkanes) is 2. The zero-order chi connectivity index (χ0) is 15.1. The molecule has 1 N–H and O–H groups in total. The first-order valence-electron chi connectivity index (χ1n) is 8.72. The summed E-state index contributed by atoms with van der Waals surface area (Å²) in [6.07, 6.45) is 14.9. The summed E-state index contributed by atoms with van der Waals surface area (Å²) in [4.78, 5) is 11.6. The van der Waals surface area contributed by atoms with Gasteiger partial charge >= 0.3 is 5.97 Å². The Morgan fingerprint density at radius 1 is 1.38 bits per heavy atom. The van der Waals surface area contributed by atoms with Crippen LogP contribution in [0.25, 0.3) is 0 Å². The lowest BCUT2D eigenvalue weighted by atomic mass is 9.74. The molecular formula is C18H30O3. The van der Waals surface area contributed by atoms with Crippen LogP contribution in [0.3, 0.4) is 0 Å². The highest BCUT2D eigenvalue weighted by atomic mass is 16.6. The van der Waals surface area contributed by atoms with Gasteiger partial charge in [-0.2, -0.15) is 0 Å². The lowest BCUT2D eigenvalue weighted by Crippen LogP contribution is -2.42. The van der Waals surface area contributed by atoms with Crippen molar-refractivity contribution in [2.75, 3.05) is 0 Å². The Balaban J connectivity index is 1.82. The number of carbonyl (C=O) groups excluding carboxylic acids is 1. The normalized spacial score (nSPS) is 31.5. The van der Waals surface area contributed by atoms with Gasteiger partial charge in [-0.15, -0.1) is 0 Å². The maximum atomic E-state index is 11.6. The summed E-state index contributed by atoms with van der Waals surface area (Å²) in [7, 11) is 0. The van der Waals surface area contributed by atoms with Gasteiger partial charge in [-0.25, -0.2) is 0 Å². The quantitative estimate of drug-likeness (QED) is 0.455. The molecule has 1 heterocycles. The van der Waals surface area contributed by atoms with Crippen LogP contribution in [0.1, 0.15) is 77.6 Å². The molecule has 1 saturated heterocycles. The number of allylic oxidation sites excluding steroid dienone is 1. The Morgan fingerprint density at radius 3 is 2.95 bits per heavy atom. The molecule has 1 unspecified atom stereocenters. The fraction of sp³-hybridized carbons (Fsp3) is 0.833. The highest BCUT2D eigenvalue weighted by Crippen LogP contribution is 2.41. The van der Waals surface area contributed by atoms with E-state index in [0.717, 1.165) is 51.4 Å². The molecule has 0 aromatic heterocycles. The van der Waals surface area contributed by atoms with Crippen molar-refractivity contribution in [3.63, 3.8) is 0 Å². The lowest BCUT2D eigenvalue weighted by molar-refractivity contribution is -0.172. The first-order chi connectivity index (χ1) is 10.1. The third kappa shape index (κ3) is 5.14. The molecule has 2 aliphatic rings. The smallest absolute Gasteiger partial charge is 0.306 e. The van der Waals surface area contributed by atoms with Gasteiger partial charge in [0, 0.05) is 6.42 Å². The van der Waals surface area contributed by atoms with Crippen LogP contribution >= 0.6 is 0 Å². The third-order valence-corrected chi connectivity index (χ3v) is 4.89. The first kappa shape index (κ1) is 16.5. The minimum Gasteiger partial charge on any atom is -0.459 e. The molecule has 2 rings (SSSR count). The number of carbonyl (C=O) groups is 1. The fourth-order valence-electron chi connectivity index (χ4n) is 3.74. The number of aliphatic hydroxyl groups is 1. The van der Waals surface area contributed by atoms with Crippen molar-refractivity contribution < 1.29 is 14.6 Å². The van der Waals surface area contributed by atoms with Crippen LogP contribution in [-0.2, 0) is 9.53 Å². The second kappa shape index (κ2) is 7.98. The van der Waals surface area contributed by atoms with E-state index < -0.39 is 0 Å². The molecule has 21 heavy (non-hydrogen) atoms. The molecule has 1 spiro atoms. The topological polar surface area (TPSA) is 46.5 Å². The maximum Gasteiger partial charge on any atom is 0.306 e. The predicted molar refractivity (Wildman–Crippen MR) is 83.9 cm³/mol. The van der Waals surface area contributed by atoms with E-state index in [1.165, 1.54) is 12.8 Å². The van der Waals surface area contributed by atoms with Crippen molar-refractivity contribution in [3.05, 3.63) is 12.2 Å². The van der Waals surface area contributed by atoms with Crippen molar-refractivity contribution in [2.24, 2.45) is 5.92 Å². The van der Waals surface area contributed by atoms with Crippen LogP contribution < -0.4 is 0 Å². The van der Waals surface area contributed by atoms with Crippen LogP contribution in [0.4, 0.5) is 0 Å². The van der Waals surface area contributed by atoms with Gasteiger partial charge in [-0.3, -0.25) is 4.79 Å².